The third-order valence-corrected chi connectivity index (χ3v) is 3.48. The Bertz CT molecular complexity index is 609. The Labute approximate surface area is 128 Å². The van der Waals surface area contributed by atoms with Crippen molar-refractivity contribution >= 4 is 15.9 Å². The number of phenolic OH excluding ortho intramolecular Hbond substituents is 1. The van der Waals surface area contributed by atoms with E-state index in [-0.39, 0.29) is 18.1 Å². The second kappa shape index (κ2) is 6.39. The Hall–Kier alpha value is -1.69. The first kappa shape index (κ1) is 15.7. The summed E-state index contributed by atoms with van der Waals surface area (Å²) in [6.07, 6.45) is -4.47. The quantitative estimate of drug-likeness (QED) is 0.787. The van der Waals surface area contributed by atoms with Gasteiger partial charge in [-0.3, -0.25) is 0 Å². The van der Waals surface area contributed by atoms with Gasteiger partial charge in [-0.2, -0.15) is 13.2 Å². The summed E-state index contributed by atoms with van der Waals surface area (Å²) < 4.78 is 44.3. The molecule has 0 atom stereocenters. The van der Waals surface area contributed by atoms with Crippen LogP contribution in [0.3, 0.4) is 0 Å². The average Bonchev–Trinajstić information content (AvgIpc) is 2.45. The number of aromatic hydroxyl groups is 1. The number of alkyl halides is 4. The van der Waals surface area contributed by atoms with Crippen molar-refractivity contribution in [2.75, 3.05) is 0 Å². The molecule has 0 heterocycles. The maximum absolute atomic E-state index is 13.0. The molecule has 0 fully saturated rings. The van der Waals surface area contributed by atoms with Crippen molar-refractivity contribution in [3.63, 3.8) is 0 Å². The number of halogens is 4. The second-order valence-corrected chi connectivity index (χ2v) is 4.98. The number of rotatable bonds is 4. The summed E-state index contributed by atoms with van der Waals surface area (Å²) in [7, 11) is 0. The van der Waals surface area contributed by atoms with Crippen LogP contribution in [0.4, 0.5) is 13.2 Å². The highest BCUT2D eigenvalue weighted by molar-refractivity contribution is 9.08. The highest BCUT2D eigenvalue weighted by atomic mass is 79.9. The monoisotopic (exact) mass is 360 g/mol. The minimum absolute atomic E-state index is 0.00296. The standard InChI is InChI=1S/C15H12BrF3O2/c16-8-11-3-6-14(13(7-11)15(17,18)19)21-9-10-1-4-12(20)5-2-10/h1-7,20H,8-9H2. The van der Waals surface area contributed by atoms with E-state index in [1.54, 1.807) is 18.2 Å². The van der Waals surface area contributed by atoms with Crippen molar-refractivity contribution in [2.24, 2.45) is 0 Å². The lowest BCUT2D eigenvalue weighted by Crippen LogP contribution is -2.09. The van der Waals surface area contributed by atoms with E-state index in [0.29, 0.717) is 16.5 Å². The van der Waals surface area contributed by atoms with Gasteiger partial charge in [0.1, 0.15) is 18.1 Å². The van der Waals surface area contributed by atoms with E-state index in [2.05, 4.69) is 15.9 Å². The van der Waals surface area contributed by atoms with E-state index in [1.807, 2.05) is 0 Å². The molecule has 2 nitrogen and oxygen atoms in total. The molecule has 2 aromatic carbocycles. The van der Waals surface area contributed by atoms with Gasteiger partial charge in [0, 0.05) is 5.33 Å². The normalized spacial score (nSPS) is 11.4. The van der Waals surface area contributed by atoms with Crippen molar-refractivity contribution < 1.29 is 23.0 Å². The average molecular weight is 361 g/mol. The van der Waals surface area contributed by atoms with Crippen molar-refractivity contribution in [3.05, 3.63) is 59.2 Å². The van der Waals surface area contributed by atoms with Crippen molar-refractivity contribution in [3.8, 4) is 11.5 Å². The molecular weight excluding hydrogens is 349 g/mol. The van der Waals surface area contributed by atoms with Crippen LogP contribution in [0.5, 0.6) is 11.5 Å². The summed E-state index contributed by atoms with van der Waals surface area (Å²) in [6.45, 7) is -0.00296. The highest BCUT2D eigenvalue weighted by Crippen LogP contribution is 2.37. The first-order valence-electron chi connectivity index (χ1n) is 6.07. The fourth-order valence-electron chi connectivity index (χ4n) is 1.76. The Morgan fingerprint density at radius 3 is 2.19 bits per heavy atom. The van der Waals surface area contributed by atoms with Crippen LogP contribution in [0.25, 0.3) is 0 Å². The fourth-order valence-corrected chi connectivity index (χ4v) is 2.11. The minimum Gasteiger partial charge on any atom is -0.508 e. The number of hydrogen-bond acceptors (Lipinski definition) is 2. The largest absolute Gasteiger partial charge is 0.508 e. The summed E-state index contributed by atoms with van der Waals surface area (Å²) in [4.78, 5) is 0. The Kier molecular flexibility index (Phi) is 4.77. The first-order valence-corrected chi connectivity index (χ1v) is 7.19. The molecule has 2 aromatic rings. The number of phenols is 1. The lowest BCUT2D eigenvalue weighted by Gasteiger charge is -2.15. The molecule has 0 amide bonds. The van der Waals surface area contributed by atoms with Gasteiger partial charge < -0.3 is 9.84 Å². The van der Waals surface area contributed by atoms with E-state index in [9.17, 15) is 13.2 Å². The van der Waals surface area contributed by atoms with Gasteiger partial charge in [0.15, 0.2) is 0 Å². The summed E-state index contributed by atoms with van der Waals surface area (Å²) in [5.74, 6) is -0.114. The third-order valence-electron chi connectivity index (χ3n) is 2.83. The van der Waals surface area contributed by atoms with E-state index >= 15 is 0 Å². The summed E-state index contributed by atoms with van der Waals surface area (Å²) in [5.41, 5.74) is 0.406. The van der Waals surface area contributed by atoms with E-state index in [1.165, 1.54) is 18.2 Å². The predicted octanol–water partition coefficient (Wildman–Crippen LogP) is 4.88. The van der Waals surface area contributed by atoms with E-state index in [4.69, 9.17) is 9.84 Å². The van der Waals surface area contributed by atoms with Crippen LogP contribution in [0, 0.1) is 0 Å². The molecule has 0 aromatic heterocycles. The Balaban J connectivity index is 2.21. The zero-order chi connectivity index (χ0) is 15.5. The second-order valence-electron chi connectivity index (χ2n) is 4.42. The van der Waals surface area contributed by atoms with Crippen molar-refractivity contribution in [1.82, 2.24) is 0 Å². The SMILES string of the molecule is Oc1ccc(COc2ccc(CBr)cc2C(F)(F)F)cc1. The molecule has 21 heavy (non-hydrogen) atoms. The van der Waals surface area contributed by atoms with Crippen LogP contribution >= 0.6 is 15.9 Å². The molecule has 1 N–H and O–H groups in total. The molecule has 0 aliphatic carbocycles. The van der Waals surface area contributed by atoms with Crippen LogP contribution in [0.1, 0.15) is 16.7 Å². The van der Waals surface area contributed by atoms with Crippen molar-refractivity contribution in [2.45, 2.75) is 18.1 Å². The maximum atomic E-state index is 13.0. The molecule has 2 rings (SSSR count). The summed E-state index contributed by atoms with van der Waals surface area (Å²) >= 11 is 3.13. The molecule has 112 valence electrons. The maximum Gasteiger partial charge on any atom is 0.419 e. The molecular formula is C15H12BrF3O2. The smallest absolute Gasteiger partial charge is 0.419 e. The summed E-state index contributed by atoms with van der Waals surface area (Å²) in [6, 6.07) is 10.1. The van der Waals surface area contributed by atoms with Gasteiger partial charge in [-0.15, -0.1) is 0 Å². The Morgan fingerprint density at radius 2 is 1.62 bits per heavy atom. The van der Waals surface area contributed by atoms with Gasteiger partial charge >= 0.3 is 6.18 Å². The van der Waals surface area contributed by atoms with Crippen LogP contribution in [0.15, 0.2) is 42.5 Å². The lowest BCUT2D eigenvalue weighted by molar-refractivity contribution is -0.139. The van der Waals surface area contributed by atoms with Gasteiger partial charge in [-0.05, 0) is 35.4 Å². The predicted molar refractivity (Wildman–Crippen MR) is 76.5 cm³/mol. The Morgan fingerprint density at radius 1 is 1.00 bits per heavy atom. The highest BCUT2D eigenvalue weighted by Gasteiger charge is 2.34. The molecule has 0 unspecified atom stereocenters. The fraction of sp³-hybridized carbons (Fsp3) is 0.200. The molecule has 0 spiro atoms. The van der Waals surface area contributed by atoms with Crippen LogP contribution < -0.4 is 4.74 Å². The van der Waals surface area contributed by atoms with Crippen molar-refractivity contribution in [1.29, 1.82) is 0 Å². The third kappa shape index (κ3) is 4.14. The molecule has 0 radical (unpaired) electrons. The van der Waals surface area contributed by atoms with Crippen LogP contribution in [-0.2, 0) is 18.1 Å². The molecule has 0 saturated carbocycles. The van der Waals surface area contributed by atoms with Gasteiger partial charge in [-0.1, -0.05) is 34.1 Å². The summed E-state index contributed by atoms with van der Waals surface area (Å²) in [5, 5.41) is 9.50. The van der Waals surface area contributed by atoms with E-state index in [0.717, 1.165) is 6.07 Å². The first-order chi connectivity index (χ1) is 9.90. The minimum atomic E-state index is -4.47. The molecule has 0 bridgehead atoms. The molecule has 0 saturated heterocycles. The molecule has 0 aliphatic rings. The van der Waals surface area contributed by atoms with Crippen LogP contribution in [0.2, 0.25) is 0 Å². The van der Waals surface area contributed by atoms with Crippen LogP contribution in [-0.4, -0.2) is 5.11 Å². The molecule has 6 heteroatoms. The number of hydrogen-bond donors (Lipinski definition) is 1. The van der Waals surface area contributed by atoms with E-state index < -0.39 is 11.7 Å². The van der Waals surface area contributed by atoms with Gasteiger partial charge in [0.05, 0.1) is 5.56 Å². The lowest BCUT2D eigenvalue weighted by atomic mass is 10.1. The number of ether oxygens (including phenoxy) is 1. The molecule has 0 aliphatic heterocycles. The van der Waals surface area contributed by atoms with Gasteiger partial charge in [0.25, 0.3) is 0 Å². The van der Waals surface area contributed by atoms with Gasteiger partial charge in [-0.25, -0.2) is 0 Å². The number of benzene rings is 2. The van der Waals surface area contributed by atoms with Gasteiger partial charge in [0.2, 0.25) is 0 Å². The zero-order valence-corrected chi connectivity index (χ0v) is 12.4. The topological polar surface area (TPSA) is 29.5 Å². The zero-order valence-electron chi connectivity index (χ0n) is 10.8.